The zero-order valence-electron chi connectivity index (χ0n) is 13.6. The monoisotopic (exact) mass is 339 g/mol. The molecule has 0 aliphatic carbocycles. The molecule has 0 radical (unpaired) electrons. The second-order valence-corrected chi connectivity index (χ2v) is 5.94. The van der Waals surface area contributed by atoms with Crippen molar-refractivity contribution in [2.45, 2.75) is 6.10 Å². The van der Waals surface area contributed by atoms with Crippen LogP contribution in [0.4, 0.5) is 0 Å². The van der Waals surface area contributed by atoms with Crippen LogP contribution in [-0.4, -0.2) is 47.1 Å². The van der Waals surface area contributed by atoms with Crippen LogP contribution in [0.3, 0.4) is 0 Å². The van der Waals surface area contributed by atoms with Gasteiger partial charge in [-0.3, -0.25) is 4.79 Å². The average Bonchev–Trinajstić information content (AvgIpc) is 2.96. The van der Waals surface area contributed by atoms with E-state index in [-0.39, 0.29) is 17.7 Å². The van der Waals surface area contributed by atoms with Crippen LogP contribution in [0, 0.1) is 0 Å². The summed E-state index contributed by atoms with van der Waals surface area (Å²) < 4.78 is 11.2. The number of fused-ring (bicyclic) bond motifs is 1. The molecule has 0 unspecified atom stereocenters. The molecule has 1 aliphatic heterocycles. The maximum absolute atomic E-state index is 12.5. The highest BCUT2D eigenvalue weighted by atomic mass is 16.5. The number of ether oxygens (including phenoxy) is 2. The van der Waals surface area contributed by atoms with Crippen LogP contribution in [0.1, 0.15) is 10.4 Å². The predicted molar refractivity (Wildman–Crippen MR) is 92.2 cm³/mol. The number of para-hydroxylation sites is 2. The van der Waals surface area contributed by atoms with Crippen molar-refractivity contribution in [1.82, 2.24) is 14.9 Å². The van der Waals surface area contributed by atoms with Crippen LogP contribution >= 0.6 is 0 Å². The molecule has 4 rings (SSSR count). The number of likely N-dealkylation sites (tertiary alicyclic amines) is 1. The fourth-order valence-electron chi connectivity index (χ4n) is 2.92. The van der Waals surface area contributed by atoms with Crippen LogP contribution in [0.15, 0.2) is 47.3 Å². The fraction of sp³-hybridized carbons (Fsp3) is 0.222. The van der Waals surface area contributed by atoms with E-state index in [1.165, 1.54) is 0 Å². The van der Waals surface area contributed by atoms with Gasteiger partial charge in [0.05, 0.1) is 31.2 Å². The Balaban J connectivity index is 1.42. The molecule has 1 amide bonds. The largest absolute Gasteiger partial charge is 0.493 e. The minimum absolute atomic E-state index is 0.0592. The van der Waals surface area contributed by atoms with Gasteiger partial charge < -0.3 is 24.3 Å². The number of hydrogen-bond acceptors (Lipinski definition) is 4. The van der Waals surface area contributed by atoms with Gasteiger partial charge in [0.1, 0.15) is 6.10 Å². The average molecular weight is 339 g/mol. The second kappa shape index (κ2) is 6.01. The number of rotatable bonds is 4. The Kier molecular flexibility index (Phi) is 3.68. The Hall–Kier alpha value is -3.22. The lowest BCUT2D eigenvalue weighted by atomic mass is 10.1. The molecule has 128 valence electrons. The highest BCUT2D eigenvalue weighted by Crippen LogP contribution is 2.29. The van der Waals surface area contributed by atoms with E-state index in [9.17, 15) is 9.59 Å². The summed E-state index contributed by atoms with van der Waals surface area (Å²) >= 11 is 0. The highest BCUT2D eigenvalue weighted by Gasteiger charge is 2.33. The van der Waals surface area contributed by atoms with Gasteiger partial charge >= 0.3 is 5.69 Å². The molecule has 2 heterocycles. The van der Waals surface area contributed by atoms with Crippen LogP contribution in [0.25, 0.3) is 11.0 Å². The van der Waals surface area contributed by atoms with Crippen LogP contribution in [0.5, 0.6) is 11.5 Å². The van der Waals surface area contributed by atoms with E-state index in [0.29, 0.717) is 41.2 Å². The van der Waals surface area contributed by atoms with Crippen molar-refractivity contribution < 1.29 is 14.3 Å². The molecular weight excluding hydrogens is 322 g/mol. The maximum atomic E-state index is 12.5. The van der Waals surface area contributed by atoms with Gasteiger partial charge in [-0.25, -0.2) is 4.79 Å². The third-order valence-electron chi connectivity index (χ3n) is 4.26. The summed E-state index contributed by atoms with van der Waals surface area (Å²) in [5, 5.41) is 0. The third kappa shape index (κ3) is 2.84. The Bertz CT molecular complexity index is 985. The quantitative estimate of drug-likeness (QED) is 0.758. The number of methoxy groups -OCH3 is 1. The number of nitrogens with one attached hydrogen (secondary N) is 2. The lowest BCUT2D eigenvalue weighted by Crippen LogP contribution is -2.56. The SMILES string of the molecule is COc1ccccc1OC1CN(C(=O)c2ccc3[nH]c(=O)[nH]c3c2)C1. The Morgan fingerprint density at radius 2 is 1.80 bits per heavy atom. The summed E-state index contributed by atoms with van der Waals surface area (Å²) in [4.78, 5) is 30.9. The second-order valence-electron chi connectivity index (χ2n) is 5.94. The molecule has 0 spiro atoms. The third-order valence-corrected chi connectivity index (χ3v) is 4.26. The molecule has 2 aromatic carbocycles. The summed E-state index contributed by atoms with van der Waals surface area (Å²) in [5.41, 5.74) is 1.56. The Morgan fingerprint density at radius 3 is 2.56 bits per heavy atom. The zero-order valence-corrected chi connectivity index (χ0v) is 13.6. The molecule has 2 N–H and O–H groups in total. The zero-order chi connectivity index (χ0) is 17.4. The van der Waals surface area contributed by atoms with E-state index in [2.05, 4.69) is 9.97 Å². The molecule has 7 nitrogen and oxygen atoms in total. The van der Waals surface area contributed by atoms with E-state index in [0.717, 1.165) is 0 Å². The van der Waals surface area contributed by atoms with Gasteiger partial charge in [-0.1, -0.05) is 12.1 Å². The standard InChI is InChI=1S/C18H17N3O4/c1-24-15-4-2-3-5-16(15)25-12-9-21(10-12)17(22)11-6-7-13-14(8-11)20-18(23)19-13/h2-8,12H,9-10H2,1H3,(H2,19,20,23). The molecule has 0 bridgehead atoms. The van der Waals surface area contributed by atoms with Crippen molar-refractivity contribution in [3.63, 3.8) is 0 Å². The first-order valence-electron chi connectivity index (χ1n) is 7.95. The minimum atomic E-state index is -0.283. The molecular formula is C18H17N3O4. The van der Waals surface area contributed by atoms with Crippen molar-refractivity contribution in [2.24, 2.45) is 0 Å². The number of amides is 1. The van der Waals surface area contributed by atoms with Gasteiger partial charge in [-0.2, -0.15) is 0 Å². The minimum Gasteiger partial charge on any atom is -0.493 e. The van der Waals surface area contributed by atoms with E-state index in [1.54, 1.807) is 30.2 Å². The summed E-state index contributed by atoms with van der Waals surface area (Å²) in [6, 6.07) is 12.6. The molecule has 1 saturated heterocycles. The number of hydrogen-bond donors (Lipinski definition) is 2. The summed E-state index contributed by atoms with van der Waals surface area (Å²) in [7, 11) is 1.60. The van der Waals surface area contributed by atoms with Crippen LogP contribution in [-0.2, 0) is 0 Å². The van der Waals surface area contributed by atoms with Crippen molar-refractivity contribution in [1.29, 1.82) is 0 Å². The molecule has 1 aromatic heterocycles. The number of aromatic amines is 2. The fourth-order valence-corrected chi connectivity index (χ4v) is 2.92. The predicted octanol–water partition coefficient (Wildman–Crippen LogP) is 1.77. The molecule has 25 heavy (non-hydrogen) atoms. The molecule has 0 atom stereocenters. The summed E-state index contributed by atoms with van der Waals surface area (Å²) in [6.07, 6.45) is -0.0592. The first kappa shape index (κ1) is 15.3. The highest BCUT2D eigenvalue weighted by molar-refractivity contribution is 5.97. The smallest absolute Gasteiger partial charge is 0.323 e. The normalized spacial score (nSPS) is 14.4. The van der Waals surface area contributed by atoms with E-state index in [4.69, 9.17) is 9.47 Å². The number of carbonyl (C=O) groups is 1. The molecule has 3 aromatic rings. The molecule has 1 aliphatic rings. The van der Waals surface area contributed by atoms with Gasteiger partial charge in [0.25, 0.3) is 5.91 Å². The van der Waals surface area contributed by atoms with Crippen LogP contribution in [0.2, 0.25) is 0 Å². The number of carbonyl (C=O) groups excluding carboxylic acids is 1. The van der Waals surface area contributed by atoms with Gasteiger partial charge in [0.2, 0.25) is 0 Å². The first-order valence-corrected chi connectivity index (χ1v) is 7.95. The topological polar surface area (TPSA) is 87.4 Å². The lowest BCUT2D eigenvalue weighted by Gasteiger charge is -2.39. The molecule has 1 fully saturated rings. The van der Waals surface area contributed by atoms with Crippen molar-refractivity contribution in [2.75, 3.05) is 20.2 Å². The van der Waals surface area contributed by atoms with Crippen molar-refractivity contribution in [3.8, 4) is 11.5 Å². The van der Waals surface area contributed by atoms with E-state index >= 15 is 0 Å². The van der Waals surface area contributed by atoms with Crippen molar-refractivity contribution in [3.05, 3.63) is 58.5 Å². The summed E-state index contributed by atoms with van der Waals surface area (Å²) in [6.45, 7) is 1.02. The van der Waals surface area contributed by atoms with Crippen LogP contribution < -0.4 is 15.2 Å². The number of H-pyrrole nitrogens is 2. The first-order chi connectivity index (χ1) is 12.1. The number of benzene rings is 2. The molecule has 7 heteroatoms. The Morgan fingerprint density at radius 1 is 1.08 bits per heavy atom. The van der Waals surface area contributed by atoms with Gasteiger partial charge in [0.15, 0.2) is 11.5 Å². The van der Waals surface area contributed by atoms with Gasteiger partial charge in [-0.15, -0.1) is 0 Å². The van der Waals surface area contributed by atoms with Crippen molar-refractivity contribution >= 4 is 16.9 Å². The van der Waals surface area contributed by atoms with Gasteiger partial charge in [-0.05, 0) is 30.3 Å². The summed E-state index contributed by atoms with van der Waals surface area (Å²) in [5.74, 6) is 1.27. The number of imidazole rings is 1. The van der Waals surface area contributed by atoms with E-state index in [1.807, 2.05) is 24.3 Å². The number of nitrogens with zero attached hydrogens (tertiary/aromatic N) is 1. The Labute approximate surface area is 143 Å². The maximum Gasteiger partial charge on any atom is 0.323 e. The number of aromatic nitrogens is 2. The lowest BCUT2D eigenvalue weighted by molar-refractivity contribution is 0.0169. The molecule has 0 saturated carbocycles. The van der Waals surface area contributed by atoms with E-state index < -0.39 is 0 Å². The van der Waals surface area contributed by atoms with Gasteiger partial charge in [0, 0.05) is 5.56 Å².